The number of amides is 1. The number of nitrogens with zero attached hydrogens (tertiary/aromatic N) is 1. The number of carbonyl (C=O) groups is 1. The number of hydrogen-bond acceptors (Lipinski definition) is 5. The summed E-state index contributed by atoms with van der Waals surface area (Å²) in [6.07, 6.45) is 4.02. The number of likely N-dealkylation sites (tertiary alicyclic amines) is 1. The zero-order chi connectivity index (χ0) is 19.4. The zero-order valence-corrected chi connectivity index (χ0v) is 16.6. The minimum absolute atomic E-state index is 0.130. The Bertz CT molecular complexity index is 627. The maximum atomic E-state index is 12.7. The molecule has 150 valence electrons. The van der Waals surface area contributed by atoms with E-state index in [1.54, 1.807) is 0 Å². The lowest BCUT2D eigenvalue weighted by Crippen LogP contribution is -2.46. The van der Waals surface area contributed by atoms with E-state index in [4.69, 9.17) is 5.84 Å². The van der Waals surface area contributed by atoms with Crippen molar-refractivity contribution in [2.45, 2.75) is 52.1 Å². The first-order valence-electron chi connectivity index (χ1n) is 10.2. The molecule has 0 radical (unpaired) electrons. The summed E-state index contributed by atoms with van der Waals surface area (Å²) in [7, 11) is 0. The molecule has 1 aromatic rings. The summed E-state index contributed by atoms with van der Waals surface area (Å²) >= 11 is 0. The number of nitrogens with two attached hydrogens (primary N) is 1. The second-order valence-electron chi connectivity index (χ2n) is 8.22. The van der Waals surface area contributed by atoms with Gasteiger partial charge in [-0.3, -0.25) is 10.6 Å². The smallest absolute Gasteiger partial charge is 0.251 e. The molecular formula is C21H34N4O2. The topological polar surface area (TPSA) is 90.6 Å². The van der Waals surface area contributed by atoms with Crippen LogP contribution in [0.15, 0.2) is 12.1 Å². The lowest BCUT2D eigenvalue weighted by atomic mass is 9.79. The van der Waals surface area contributed by atoms with Crippen molar-refractivity contribution in [3.05, 3.63) is 28.8 Å². The first-order valence-corrected chi connectivity index (χ1v) is 10.2. The molecule has 1 aromatic carbocycles. The summed E-state index contributed by atoms with van der Waals surface area (Å²) in [4.78, 5) is 14.6. The minimum atomic E-state index is -0.976. The van der Waals surface area contributed by atoms with E-state index in [9.17, 15) is 9.90 Å². The van der Waals surface area contributed by atoms with Crippen molar-refractivity contribution in [3.63, 3.8) is 0 Å². The summed E-state index contributed by atoms with van der Waals surface area (Å²) in [5, 5.41) is 13.9. The van der Waals surface area contributed by atoms with Crippen molar-refractivity contribution in [1.82, 2.24) is 10.2 Å². The van der Waals surface area contributed by atoms with E-state index in [1.165, 1.54) is 12.8 Å². The van der Waals surface area contributed by atoms with E-state index in [-0.39, 0.29) is 5.91 Å². The molecule has 3 rings (SSSR count). The van der Waals surface area contributed by atoms with Crippen LogP contribution in [0.2, 0.25) is 0 Å². The number of carbonyl (C=O) groups excluding carboxylic acids is 1. The Morgan fingerprint density at radius 2 is 1.74 bits per heavy atom. The molecule has 0 aliphatic carbocycles. The second-order valence-corrected chi connectivity index (χ2v) is 8.22. The third-order valence-corrected chi connectivity index (χ3v) is 6.35. The van der Waals surface area contributed by atoms with Crippen molar-refractivity contribution in [2.24, 2.45) is 17.7 Å². The van der Waals surface area contributed by atoms with Gasteiger partial charge < -0.3 is 20.7 Å². The summed E-state index contributed by atoms with van der Waals surface area (Å²) < 4.78 is 0. The van der Waals surface area contributed by atoms with Crippen molar-refractivity contribution < 1.29 is 9.90 Å². The Morgan fingerprint density at radius 1 is 1.19 bits per heavy atom. The molecule has 0 saturated carbocycles. The van der Waals surface area contributed by atoms with Gasteiger partial charge in [0.2, 0.25) is 0 Å². The predicted octanol–water partition coefficient (Wildman–Crippen LogP) is 1.73. The van der Waals surface area contributed by atoms with Gasteiger partial charge in [-0.2, -0.15) is 0 Å². The SMILES string of the molecule is Cc1cc(C[C@@H](O)C(=O)N2CCC(C3CCNCC3)CC2)cc(C)c1NN. The molecule has 0 spiro atoms. The third kappa shape index (κ3) is 4.81. The second kappa shape index (κ2) is 9.04. The van der Waals surface area contributed by atoms with Crippen molar-refractivity contribution in [3.8, 4) is 0 Å². The molecule has 27 heavy (non-hydrogen) atoms. The number of hydrazine groups is 1. The molecule has 0 bridgehead atoms. The maximum Gasteiger partial charge on any atom is 0.251 e. The standard InChI is InChI=1S/C21H34N4O2/c1-14-11-16(12-15(2)20(14)24-22)13-19(26)21(27)25-9-5-18(6-10-25)17-3-7-23-8-4-17/h11-12,17-19,23-24,26H,3-10,13,22H2,1-2H3/t19-/m1/s1. The van der Waals surface area contributed by atoms with Crippen LogP contribution in [0.25, 0.3) is 0 Å². The molecule has 6 heteroatoms. The van der Waals surface area contributed by atoms with Crippen LogP contribution in [0, 0.1) is 25.7 Å². The largest absolute Gasteiger partial charge is 0.383 e. The Hall–Kier alpha value is -1.63. The van der Waals surface area contributed by atoms with E-state index in [0.29, 0.717) is 6.42 Å². The summed E-state index contributed by atoms with van der Waals surface area (Å²) in [5.74, 6) is 6.95. The van der Waals surface area contributed by atoms with Crippen LogP contribution in [-0.2, 0) is 11.2 Å². The maximum absolute atomic E-state index is 12.7. The molecular weight excluding hydrogens is 340 g/mol. The van der Waals surface area contributed by atoms with Crippen LogP contribution >= 0.6 is 0 Å². The molecule has 2 fully saturated rings. The Kier molecular flexibility index (Phi) is 6.73. The predicted molar refractivity (Wildman–Crippen MR) is 108 cm³/mol. The number of hydrogen-bond donors (Lipinski definition) is 4. The average molecular weight is 375 g/mol. The highest BCUT2D eigenvalue weighted by Crippen LogP contribution is 2.31. The van der Waals surface area contributed by atoms with Gasteiger partial charge in [-0.1, -0.05) is 12.1 Å². The molecule has 0 unspecified atom stereocenters. The molecule has 2 aliphatic heterocycles. The number of anilines is 1. The Morgan fingerprint density at radius 3 is 2.30 bits per heavy atom. The fourth-order valence-electron chi connectivity index (χ4n) is 4.83. The highest BCUT2D eigenvalue weighted by atomic mass is 16.3. The highest BCUT2D eigenvalue weighted by Gasteiger charge is 2.31. The van der Waals surface area contributed by atoms with Crippen molar-refractivity contribution in [2.75, 3.05) is 31.6 Å². The van der Waals surface area contributed by atoms with Crippen molar-refractivity contribution >= 4 is 11.6 Å². The van der Waals surface area contributed by atoms with Crippen molar-refractivity contribution in [1.29, 1.82) is 0 Å². The van der Waals surface area contributed by atoms with E-state index >= 15 is 0 Å². The number of aliphatic hydroxyl groups is 1. The van der Waals surface area contributed by atoms with Gasteiger partial charge in [0.15, 0.2) is 0 Å². The van der Waals surface area contributed by atoms with Gasteiger partial charge in [-0.05, 0) is 81.1 Å². The first-order chi connectivity index (χ1) is 13.0. The summed E-state index contributed by atoms with van der Waals surface area (Å²) in [6.45, 7) is 7.76. The van der Waals surface area contributed by atoms with Gasteiger partial charge in [0.05, 0.1) is 5.69 Å². The quantitative estimate of drug-likeness (QED) is 0.465. The molecule has 2 aliphatic rings. The molecule has 1 amide bonds. The zero-order valence-electron chi connectivity index (χ0n) is 16.6. The number of aryl methyl sites for hydroxylation is 2. The highest BCUT2D eigenvalue weighted by molar-refractivity contribution is 5.81. The Labute approximate surface area is 162 Å². The monoisotopic (exact) mass is 374 g/mol. The molecule has 2 saturated heterocycles. The van der Waals surface area contributed by atoms with Gasteiger partial charge in [0, 0.05) is 19.5 Å². The van der Waals surface area contributed by atoms with E-state index in [1.807, 2.05) is 30.9 Å². The van der Waals surface area contributed by atoms with Crippen LogP contribution in [0.1, 0.15) is 42.4 Å². The van der Waals surface area contributed by atoms with Gasteiger partial charge in [-0.25, -0.2) is 0 Å². The van der Waals surface area contributed by atoms with E-state index in [2.05, 4.69) is 10.7 Å². The van der Waals surface area contributed by atoms with Gasteiger partial charge in [0.25, 0.3) is 5.91 Å². The number of nitrogen functional groups attached to an aromatic ring is 1. The molecule has 1 atom stereocenters. The van der Waals surface area contributed by atoms with E-state index in [0.717, 1.165) is 73.2 Å². The number of piperidine rings is 2. The number of rotatable bonds is 5. The van der Waals surface area contributed by atoms with Crippen LogP contribution in [0.5, 0.6) is 0 Å². The van der Waals surface area contributed by atoms with Gasteiger partial charge >= 0.3 is 0 Å². The molecule has 6 nitrogen and oxygen atoms in total. The molecule has 0 aromatic heterocycles. The number of aliphatic hydroxyl groups excluding tert-OH is 1. The minimum Gasteiger partial charge on any atom is -0.383 e. The van der Waals surface area contributed by atoms with Crippen LogP contribution in [-0.4, -0.2) is 48.2 Å². The fourth-order valence-corrected chi connectivity index (χ4v) is 4.83. The van der Waals surface area contributed by atoms with Crippen LogP contribution in [0.4, 0.5) is 5.69 Å². The normalized spacial score (nSPS) is 20.5. The van der Waals surface area contributed by atoms with Gasteiger partial charge in [0.1, 0.15) is 6.10 Å². The first kappa shape index (κ1) is 20.1. The summed E-state index contributed by atoms with van der Waals surface area (Å²) in [6, 6.07) is 3.98. The lowest BCUT2D eigenvalue weighted by molar-refractivity contribution is -0.141. The van der Waals surface area contributed by atoms with Gasteiger partial charge in [-0.15, -0.1) is 0 Å². The van der Waals surface area contributed by atoms with Crippen LogP contribution in [0.3, 0.4) is 0 Å². The number of nitrogens with one attached hydrogen (secondary N) is 2. The average Bonchev–Trinajstić information content (AvgIpc) is 2.68. The third-order valence-electron chi connectivity index (χ3n) is 6.35. The van der Waals surface area contributed by atoms with Crippen LogP contribution < -0.4 is 16.6 Å². The Balaban J connectivity index is 1.53. The molecule has 2 heterocycles. The number of benzene rings is 1. The fraction of sp³-hybridized carbons (Fsp3) is 0.667. The lowest BCUT2D eigenvalue weighted by Gasteiger charge is -2.38. The molecule has 5 N–H and O–H groups in total. The van der Waals surface area contributed by atoms with E-state index < -0.39 is 6.10 Å². The summed E-state index contributed by atoms with van der Waals surface area (Å²) in [5.41, 5.74) is 6.62.